The molecule has 27 heavy (non-hydrogen) atoms. The molecule has 2 N–H and O–H groups in total. The van der Waals surface area contributed by atoms with Gasteiger partial charge in [-0.1, -0.05) is 18.2 Å². The summed E-state index contributed by atoms with van der Waals surface area (Å²) >= 11 is 0. The third-order valence-electron chi connectivity index (χ3n) is 4.19. The zero-order chi connectivity index (χ0) is 20.0. The molecule has 0 aliphatic heterocycles. The van der Waals surface area contributed by atoms with Crippen molar-refractivity contribution in [1.82, 2.24) is 10.9 Å². The molecule has 0 spiro atoms. The summed E-state index contributed by atoms with van der Waals surface area (Å²) in [6.07, 6.45) is -0.757. The Hall–Kier alpha value is -3.02. The van der Waals surface area contributed by atoms with Crippen molar-refractivity contribution in [2.45, 2.75) is 40.7 Å². The van der Waals surface area contributed by atoms with Crippen LogP contribution < -0.4 is 20.3 Å². The number of hydrazine groups is 1. The van der Waals surface area contributed by atoms with Gasteiger partial charge in [-0.05, 0) is 75.1 Å². The molecule has 2 amide bonds. The highest BCUT2D eigenvalue weighted by Crippen LogP contribution is 2.19. The topological polar surface area (TPSA) is 76.7 Å². The summed E-state index contributed by atoms with van der Waals surface area (Å²) in [7, 11) is 0. The van der Waals surface area contributed by atoms with Crippen LogP contribution in [0.3, 0.4) is 0 Å². The van der Waals surface area contributed by atoms with Gasteiger partial charge in [0.2, 0.25) is 0 Å². The average molecular weight is 370 g/mol. The lowest BCUT2D eigenvalue weighted by Gasteiger charge is -2.16. The van der Waals surface area contributed by atoms with E-state index in [0.717, 1.165) is 22.3 Å². The van der Waals surface area contributed by atoms with Crippen LogP contribution in [0.5, 0.6) is 11.5 Å². The van der Waals surface area contributed by atoms with Gasteiger partial charge in [-0.2, -0.15) is 0 Å². The van der Waals surface area contributed by atoms with Crippen LogP contribution in [0.15, 0.2) is 36.4 Å². The summed E-state index contributed by atoms with van der Waals surface area (Å²) < 4.78 is 11.1. The van der Waals surface area contributed by atoms with Gasteiger partial charge in [0, 0.05) is 0 Å². The number of amides is 2. The van der Waals surface area contributed by atoms with Crippen LogP contribution in [0, 0.1) is 27.7 Å². The SMILES string of the molecule is Cc1ccc(C)c(OCC(=O)NNC(=O)C(C)Oc2ccc(C)c(C)c2)c1. The number of hydrogen-bond donors (Lipinski definition) is 2. The van der Waals surface area contributed by atoms with Crippen LogP contribution in [0.25, 0.3) is 0 Å². The highest BCUT2D eigenvalue weighted by molar-refractivity contribution is 5.85. The van der Waals surface area contributed by atoms with Crippen molar-refractivity contribution in [3.05, 3.63) is 58.7 Å². The lowest BCUT2D eigenvalue weighted by atomic mass is 10.1. The molecule has 6 nitrogen and oxygen atoms in total. The summed E-state index contributed by atoms with van der Waals surface area (Å²) in [4.78, 5) is 24.0. The second-order valence-electron chi connectivity index (χ2n) is 6.60. The fourth-order valence-corrected chi connectivity index (χ4v) is 2.32. The zero-order valence-corrected chi connectivity index (χ0v) is 16.4. The number of carbonyl (C=O) groups is 2. The zero-order valence-electron chi connectivity index (χ0n) is 16.4. The third-order valence-corrected chi connectivity index (χ3v) is 4.19. The van der Waals surface area contributed by atoms with Gasteiger partial charge in [0.25, 0.3) is 11.8 Å². The second-order valence-corrected chi connectivity index (χ2v) is 6.60. The largest absolute Gasteiger partial charge is 0.483 e. The predicted octanol–water partition coefficient (Wildman–Crippen LogP) is 2.91. The molecule has 6 heteroatoms. The molecular weight excluding hydrogens is 344 g/mol. The summed E-state index contributed by atoms with van der Waals surface area (Å²) in [6, 6.07) is 11.4. The van der Waals surface area contributed by atoms with Gasteiger partial charge in [0.05, 0.1) is 0 Å². The van der Waals surface area contributed by atoms with E-state index in [1.165, 1.54) is 0 Å². The summed E-state index contributed by atoms with van der Waals surface area (Å²) in [5, 5.41) is 0. The van der Waals surface area contributed by atoms with Crippen molar-refractivity contribution >= 4 is 11.8 Å². The number of nitrogens with one attached hydrogen (secondary N) is 2. The standard InChI is InChI=1S/C21H26N2O4/c1-13-6-7-15(3)19(10-13)26-12-20(24)22-23-21(25)17(5)27-18-9-8-14(2)16(4)11-18/h6-11,17H,12H2,1-5H3,(H,22,24)(H,23,25). The molecule has 0 aliphatic carbocycles. The number of aryl methyl sites for hydroxylation is 4. The van der Waals surface area contributed by atoms with Crippen molar-refractivity contribution in [3.63, 3.8) is 0 Å². The molecule has 2 aromatic rings. The van der Waals surface area contributed by atoms with E-state index in [4.69, 9.17) is 9.47 Å². The van der Waals surface area contributed by atoms with Crippen molar-refractivity contribution in [3.8, 4) is 11.5 Å². The van der Waals surface area contributed by atoms with Crippen LogP contribution in [-0.4, -0.2) is 24.5 Å². The van der Waals surface area contributed by atoms with Crippen LogP contribution in [-0.2, 0) is 9.59 Å². The summed E-state index contributed by atoms with van der Waals surface area (Å²) in [5.74, 6) is 0.337. The summed E-state index contributed by atoms with van der Waals surface area (Å²) in [6.45, 7) is 9.25. The first-order valence-corrected chi connectivity index (χ1v) is 8.79. The first kappa shape index (κ1) is 20.3. The van der Waals surface area contributed by atoms with Gasteiger partial charge in [0.15, 0.2) is 12.7 Å². The third kappa shape index (κ3) is 6.02. The lowest BCUT2D eigenvalue weighted by molar-refractivity contribution is -0.133. The Labute approximate surface area is 159 Å². The molecule has 0 fully saturated rings. The first-order chi connectivity index (χ1) is 12.8. The monoisotopic (exact) mass is 370 g/mol. The maximum absolute atomic E-state index is 12.1. The summed E-state index contributed by atoms with van der Waals surface area (Å²) in [5.41, 5.74) is 8.89. The maximum Gasteiger partial charge on any atom is 0.279 e. The quantitative estimate of drug-likeness (QED) is 0.767. The van der Waals surface area contributed by atoms with Crippen LogP contribution in [0.1, 0.15) is 29.2 Å². The van der Waals surface area contributed by atoms with Crippen LogP contribution in [0.4, 0.5) is 0 Å². The predicted molar refractivity (Wildman–Crippen MR) is 104 cm³/mol. The van der Waals surface area contributed by atoms with E-state index in [1.807, 2.05) is 64.1 Å². The molecule has 1 unspecified atom stereocenters. The second kappa shape index (κ2) is 9.07. The van der Waals surface area contributed by atoms with E-state index in [0.29, 0.717) is 11.5 Å². The Bertz CT molecular complexity index is 833. The molecule has 0 saturated carbocycles. The van der Waals surface area contributed by atoms with Crippen molar-refractivity contribution in [2.24, 2.45) is 0 Å². The van der Waals surface area contributed by atoms with Gasteiger partial charge in [-0.3, -0.25) is 20.4 Å². The van der Waals surface area contributed by atoms with Crippen molar-refractivity contribution < 1.29 is 19.1 Å². The fourth-order valence-electron chi connectivity index (χ4n) is 2.32. The van der Waals surface area contributed by atoms with Gasteiger partial charge in [-0.25, -0.2) is 0 Å². The lowest BCUT2D eigenvalue weighted by Crippen LogP contribution is -2.48. The molecule has 2 aromatic carbocycles. The Morgan fingerprint density at radius 1 is 0.926 bits per heavy atom. The molecule has 0 heterocycles. The molecule has 2 rings (SSSR count). The van der Waals surface area contributed by atoms with Gasteiger partial charge in [-0.15, -0.1) is 0 Å². The Balaban J connectivity index is 1.79. The minimum absolute atomic E-state index is 0.197. The number of rotatable bonds is 6. The average Bonchev–Trinajstić information content (AvgIpc) is 2.63. The van der Waals surface area contributed by atoms with Crippen LogP contribution in [0.2, 0.25) is 0 Å². The highest BCUT2D eigenvalue weighted by atomic mass is 16.5. The smallest absolute Gasteiger partial charge is 0.279 e. The first-order valence-electron chi connectivity index (χ1n) is 8.79. The van der Waals surface area contributed by atoms with E-state index >= 15 is 0 Å². The Kier molecular flexibility index (Phi) is 6.82. The normalized spacial score (nSPS) is 11.4. The molecular formula is C21H26N2O4. The van der Waals surface area contributed by atoms with E-state index in [2.05, 4.69) is 10.9 Å². The van der Waals surface area contributed by atoms with E-state index in [9.17, 15) is 9.59 Å². The van der Waals surface area contributed by atoms with E-state index in [-0.39, 0.29) is 6.61 Å². The minimum Gasteiger partial charge on any atom is -0.483 e. The Morgan fingerprint density at radius 2 is 1.63 bits per heavy atom. The van der Waals surface area contributed by atoms with E-state index < -0.39 is 17.9 Å². The molecule has 0 aromatic heterocycles. The fraction of sp³-hybridized carbons (Fsp3) is 0.333. The van der Waals surface area contributed by atoms with Gasteiger partial charge >= 0.3 is 0 Å². The molecule has 0 radical (unpaired) electrons. The maximum atomic E-state index is 12.1. The van der Waals surface area contributed by atoms with Crippen molar-refractivity contribution in [2.75, 3.05) is 6.61 Å². The molecule has 0 aliphatic rings. The van der Waals surface area contributed by atoms with Crippen LogP contribution >= 0.6 is 0 Å². The molecule has 0 saturated heterocycles. The molecule has 1 atom stereocenters. The van der Waals surface area contributed by atoms with Crippen molar-refractivity contribution in [1.29, 1.82) is 0 Å². The number of hydrogen-bond acceptors (Lipinski definition) is 4. The van der Waals surface area contributed by atoms with Gasteiger partial charge < -0.3 is 9.47 Å². The molecule has 0 bridgehead atoms. The number of benzene rings is 2. The van der Waals surface area contributed by atoms with E-state index in [1.54, 1.807) is 6.92 Å². The van der Waals surface area contributed by atoms with Gasteiger partial charge in [0.1, 0.15) is 11.5 Å². The number of ether oxygens (including phenoxy) is 2. The Morgan fingerprint density at radius 3 is 2.33 bits per heavy atom. The number of carbonyl (C=O) groups excluding carboxylic acids is 2. The highest BCUT2D eigenvalue weighted by Gasteiger charge is 2.16. The molecule has 144 valence electrons. The minimum atomic E-state index is -0.757.